The van der Waals surface area contributed by atoms with Gasteiger partial charge < -0.3 is 5.32 Å². The van der Waals surface area contributed by atoms with Gasteiger partial charge in [0.1, 0.15) is 5.54 Å². The van der Waals surface area contributed by atoms with Crippen LogP contribution in [0.1, 0.15) is 19.8 Å². The van der Waals surface area contributed by atoms with E-state index in [0.717, 1.165) is 17.7 Å². The van der Waals surface area contributed by atoms with E-state index in [1.165, 1.54) is 0 Å². The van der Waals surface area contributed by atoms with Gasteiger partial charge in [-0.1, -0.05) is 23.2 Å². The number of rotatable bonds is 2. The summed E-state index contributed by atoms with van der Waals surface area (Å²) in [6.07, 6.45) is 1.93. The van der Waals surface area contributed by atoms with E-state index < -0.39 is 11.6 Å². The van der Waals surface area contributed by atoms with Crippen molar-refractivity contribution in [2.45, 2.75) is 25.3 Å². The third-order valence-electron chi connectivity index (χ3n) is 3.72. The number of benzene rings is 1. The van der Waals surface area contributed by atoms with Gasteiger partial charge in [-0.15, -0.1) is 0 Å². The van der Waals surface area contributed by atoms with Crippen molar-refractivity contribution in [1.82, 2.24) is 5.32 Å². The summed E-state index contributed by atoms with van der Waals surface area (Å²) in [5, 5.41) is 3.56. The molecule has 1 atom stereocenters. The molecule has 3 rings (SSSR count). The summed E-state index contributed by atoms with van der Waals surface area (Å²) in [6.45, 7) is 1.77. The van der Waals surface area contributed by atoms with Crippen LogP contribution in [0.2, 0.25) is 10.0 Å². The van der Waals surface area contributed by atoms with Gasteiger partial charge in [-0.05, 0) is 43.9 Å². The highest BCUT2D eigenvalue weighted by atomic mass is 35.5. The van der Waals surface area contributed by atoms with E-state index in [1.54, 1.807) is 25.1 Å². The van der Waals surface area contributed by atoms with Crippen molar-refractivity contribution in [2.24, 2.45) is 5.92 Å². The molecule has 0 radical (unpaired) electrons. The molecule has 1 saturated heterocycles. The number of imide groups is 1. The lowest BCUT2D eigenvalue weighted by Crippen LogP contribution is -2.46. The zero-order chi connectivity index (χ0) is 13.8. The van der Waals surface area contributed by atoms with Gasteiger partial charge >= 0.3 is 6.03 Å². The first-order valence-electron chi connectivity index (χ1n) is 6.04. The molecule has 4 nitrogen and oxygen atoms in total. The van der Waals surface area contributed by atoms with Crippen LogP contribution >= 0.6 is 23.2 Å². The third-order valence-corrected chi connectivity index (χ3v) is 4.15. The molecule has 100 valence electrons. The maximum Gasteiger partial charge on any atom is 0.329 e. The molecule has 1 N–H and O–H groups in total. The van der Waals surface area contributed by atoms with Gasteiger partial charge in [0.25, 0.3) is 5.91 Å². The van der Waals surface area contributed by atoms with Crippen molar-refractivity contribution in [2.75, 3.05) is 4.90 Å². The Labute approximate surface area is 120 Å². The van der Waals surface area contributed by atoms with Crippen molar-refractivity contribution in [3.05, 3.63) is 28.2 Å². The molecule has 1 aromatic carbocycles. The lowest BCUT2D eigenvalue weighted by atomic mass is 9.96. The predicted molar refractivity (Wildman–Crippen MR) is 73.6 cm³/mol. The molecule has 0 spiro atoms. The number of hydrogen-bond donors (Lipinski definition) is 1. The number of carbonyl (C=O) groups is 2. The van der Waals surface area contributed by atoms with Crippen molar-refractivity contribution >= 4 is 40.8 Å². The molecule has 2 fully saturated rings. The normalized spacial score (nSPS) is 26.8. The number of hydrogen-bond acceptors (Lipinski definition) is 2. The van der Waals surface area contributed by atoms with Crippen LogP contribution in [0.15, 0.2) is 18.2 Å². The second-order valence-corrected chi connectivity index (χ2v) is 6.05. The molecule has 19 heavy (non-hydrogen) atoms. The van der Waals surface area contributed by atoms with Crippen LogP contribution < -0.4 is 10.2 Å². The summed E-state index contributed by atoms with van der Waals surface area (Å²) in [5.74, 6) is -0.0121. The second kappa shape index (κ2) is 4.12. The fourth-order valence-electron chi connectivity index (χ4n) is 2.50. The van der Waals surface area contributed by atoms with Crippen LogP contribution in [0.5, 0.6) is 0 Å². The molecular formula is C13H12Cl2N2O2. The lowest BCUT2D eigenvalue weighted by Gasteiger charge is -2.21. The number of nitrogens with one attached hydrogen (secondary N) is 1. The maximum atomic E-state index is 12.5. The smallest absolute Gasteiger partial charge is 0.323 e. The number of halogens is 2. The Morgan fingerprint density at radius 2 is 1.79 bits per heavy atom. The van der Waals surface area contributed by atoms with Gasteiger partial charge in [0.05, 0.1) is 5.69 Å². The summed E-state index contributed by atoms with van der Waals surface area (Å²) < 4.78 is 0. The number of amides is 3. The molecule has 1 aromatic rings. The van der Waals surface area contributed by atoms with Crippen LogP contribution in [0.25, 0.3) is 0 Å². The molecule has 2 aliphatic rings. The fourth-order valence-corrected chi connectivity index (χ4v) is 3.01. The molecule has 1 aliphatic heterocycles. The summed E-state index contributed by atoms with van der Waals surface area (Å²) in [4.78, 5) is 25.7. The molecular weight excluding hydrogens is 287 g/mol. The van der Waals surface area contributed by atoms with E-state index in [1.807, 2.05) is 0 Å². The fraction of sp³-hybridized carbons (Fsp3) is 0.385. The first kappa shape index (κ1) is 12.8. The van der Waals surface area contributed by atoms with E-state index in [2.05, 4.69) is 5.32 Å². The van der Waals surface area contributed by atoms with Gasteiger partial charge in [0, 0.05) is 10.0 Å². The number of urea groups is 1. The van der Waals surface area contributed by atoms with Gasteiger partial charge in [0.15, 0.2) is 0 Å². The molecule has 3 amide bonds. The van der Waals surface area contributed by atoms with E-state index in [-0.39, 0.29) is 11.8 Å². The van der Waals surface area contributed by atoms with Crippen LogP contribution in [0.4, 0.5) is 10.5 Å². The van der Waals surface area contributed by atoms with E-state index >= 15 is 0 Å². The van der Waals surface area contributed by atoms with Crippen molar-refractivity contribution in [3.63, 3.8) is 0 Å². The van der Waals surface area contributed by atoms with Crippen LogP contribution in [0.3, 0.4) is 0 Å². The van der Waals surface area contributed by atoms with Crippen LogP contribution in [0, 0.1) is 5.92 Å². The van der Waals surface area contributed by atoms with E-state index in [0.29, 0.717) is 15.7 Å². The number of nitrogens with zero attached hydrogens (tertiary/aromatic N) is 1. The minimum absolute atomic E-state index is 0.226. The van der Waals surface area contributed by atoms with Gasteiger partial charge in [-0.25, -0.2) is 9.69 Å². The predicted octanol–water partition coefficient (Wildman–Crippen LogP) is 3.22. The summed E-state index contributed by atoms with van der Waals surface area (Å²) in [7, 11) is 0. The highest BCUT2D eigenvalue weighted by molar-refractivity contribution is 6.35. The molecule has 1 saturated carbocycles. The second-order valence-electron chi connectivity index (χ2n) is 5.17. The van der Waals surface area contributed by atoms with Crippen LogP contribution in [-0.4, -0.2) is 17.5 Å². The number of carbonyl (C=O) groups excluding carboxylic acids is 2. The highest BCUT2D eigenvalue weighted by Crippen LogP contribution is 2.43. The van der Waals surface area contributed by atoms with Gasteiger partial charge in [-0.2, -0.15) is 0 Å². The van der Waals surface area contributed by atoms with Crippen LogP contribution in [-0.2, 0) is 4.79 Å². The summed E-state index contributed by atoms with van der Waals surface area (Å²) in [5.41, 5.74) is -0.393. The first-order valence-corrected chi connectivity index (χ1v) is 6.80. The molecule has 1 aliphatic carbocycles. The maximum absolute atomic E-state index is 12.5. The quantitative estimate of drug-likeness (QED) is 0.852. The van der Waals surface area contributed by atoms with Gasteiger partial charge in [-0.3, -0.25) is 4.79 Å². The van der Waals surface area contributed by atoms with Crippen molar-refractivity contribution < 1.29 is 9.59 Å². The summed E-state index contributed by atoms with van der Waals surface area (Å²) in [6, 6.07) is 4.26. The molecule has 0 bridgehead atoms. The standard InChI is InChI=1S/C13H12Cl2N2O2/c1-13(7-2-3-7)11(18)17(12(19)16-13)10-5-8(14)4-9(15)6-10/h4-7H,2-3H2,1H3,(H,16,19). The zero-order valence-corrected chi connectivity index (χ0v) is 11.8. The topological polar surface area (TPSA) is 49.4 Å². The Bertz CT molecular complexity index is 566. The lowest BCUT2D eigenvalue weighted by molar-refractivity contribution is -0.122. The monoisotopic (exact) mass is 298 g/mol. The zero-order valence-electron chi connectivity index (χ0n) is 10.2. The Morgan fingerprint density at radius 1 is 1.21 bits per heavy atom. The van der Waals surface area contributed by atoms with Crippen molar-refractivity contribution in [1.29, 1.82) is 0 Å². The molecule has 0 aromatic heterocycles. The SMILES string of the molecule is CC1(C2CC2)NC(=O)N(c2cc(Cl)cc(Cl)c2)C1=O. The Kier molecular flexibility index (Phi) is 2.76. The summed E-state index contributed by atoms with van der Waals surface area (Å²) >= 11 is 11.8. The minimum Gasteiger partial charge on any atom is -0.323 e. The van der Waals surface area contributed by atoms with E-state index in [9.17, 15) is 9.59 Å². The largest absolute Gasteiger partial charge is 0.329 e. The minimum atomic E-state index is -0.800. The average Bonchev–Trinajstić information content (AvgIpc) is 3.08. The average molecular weight is 299 g/mol. The Morgan fingerprint density at radius 3 is 2.32 bits per heavy atom. The molecule has 1 unspecified atom stereocenters. The first-order chi connectivity index (χ1) is 8.91. The van der Waals surface area contributed by atoms with E-state index in [4.69, 9.17) is 23.2 Å². The van der Waals surface area contributed by atoms with Gasteiger partial charge in [0.2, 0.25) is 0 Å². The van der Waals surface area contributed by atoms with Crippen molar-refractivity contribution in [3.8, 4) is 0 Å². The number of anilines is 1. The Balaban J connectivity index is 2.00. The highest BCUT2D eigenvalue weighted by Gasteiger charge is 2.56. The molecule has 6 heteroatoms. The molecule has 1 heterocycles. The third kappa shape index (κ3) is 1.99. The Hall–Kier alpha value is -1.26.